The second-order valence-electron chi connectivity index (χ2n) is 8.53. The minimum absolute atomic E-state index is 0.257. The minimum atomic E-state index is 0.257. The fraction of sp³-hybridized carbons (Fsp3) is 0.480. The van der Waals surface area contributed by atoms with Crippen molar-refractivity contribution in [1.82, 2.24) is 9.80 Å². The summed E-state index contributed by atoms with van der Waals surface area (Å²) in [6.07, 6.45) is 2.59. The number of hydrogen-bond donors (Lipinski definition) is 0. The maximum absolute atomic E-state index is 13.1. The van der Waals surface area contributed by atoms with Crippen LogP contribution in [0.1, 0.15) is 25.3 Å². The minimum Gasteiger partial charge on any atom is -0.497 e. The van der Waals surface area contributed by atoms with Crippen LogP contribution in [0.15, 0.2) is 54.6 Å². The van der Waals surface area contributed by atoms with Crippen molar-refractivity contribution in [1.29, 1.82) is 0 Å². The third-order valence-electron chi connectivity index (χ3n) is 6.52. The zero-order chi connectivity index (χ0) is 20.9. The Kier molecular flexibility index (Phi) is 6.58. The van der Waals surface area contributed by atoms with E-state index in [0.717, 1.165) is 44.4 Å². The highest BCUT2D eigenvalue weighted by Crippen LogP contribution is 2.35. The molecule has 1 unspecified atom stereocenters. The summed E-state index contributed by atoms with van der Waals surface area (Å²) in [5.41, 5.74) is 2.47. The van der Waals surface area contributed by atoms with E-state index in [1.165, 1.54) is 24.1 Å². The summed E-state index contributed by atoms with van der Waals surface area (Å²) < 4.78 is 5.25. The molecule has 5 nitrogen and oxygen atoms in total. The molecule has 1 atom stereocenters. The monoisotopic (exact) mass is 407 g/mol. The molecule has 0 bridgehead atoms. The highest BCUT2D eigenvalue weighted by atomic mass is 16.5. The second-order valence-corrected chi connectivity index (χ2v) is 8.53. The fourth-order valence-corrected chi connectivity index (χ4v) is 4.32. The summed E-state index contributed by atoms with van der Waals surface area (Å²) >= 11 is 0. The van der Waals surface area contributed by atoms with Gasteiger partial charge in [0.15, 0.2) is 0 Å². The Morgan fingerprint density at radius 1 is 1.03 bits per heavy atom. The lowest BCUT2D eigenvalue weighted by molar-refractivity contribution is -0.133. The first-order chi connectivity index (χ1) is 14.6. The Morgan fingerprint density at radius 3 is 2.30 bits per heavy atom. The van der Waals surface area contributed by atoms with Crippen molar-refractivity contribution in [2.45, 2.75) is 32.4 Å². The summed E-state index contributed by atoms with van der Waals surface area (Å²) in [6.45, 7) is 6.94. The largest absolute Gasteiger partial charge is 0.497 e. The molecule has 1 saturated heterocycles. The summed E-state index contributed by atoms with van der Waals surface area (Å²) in [6, 6.07) is 19.1. The van der Waals surface area contributed by atoms with Gasteiger partial charge >= 0.3 is 0 Å². The van der Waals surface area contributed by atoms with Crippen LogP contribution in [0.5, 0.6) is 5.75 Å². The summed E-state index contributed by atoms with van der Waals surface area (Å²) in [5.74, 6) is 1.87. The lowest BCUT2D eigenvalue weighted by Gasteiger charge is -2.38. The SMILES string of the molecule is COc1ccc(N2CCN(C(=O)CN(Cc3ccccc3)C(C)C3CC3)CC2)cc1. The summed E-state index contributed by atoms with van der Waals surface area (Å²) in [4.78, 5) is 19.9. The number of piperazine rings is 1. The number of anilines is 1. The second kappa shape index (κ2) is 9.52. The molecule has 0 N–H and O–H groups in total. The quantitative estimate of drug-likeness (QED) is 0.669. The number of amides is 1. The van der Waals surface area contributed by atoms with Gasteiger partial charge in [-0.2, -0.15) is 0 Å². The van der Waals surface area contributed by atoms with Gasteiger partial charge in [0.05, 0.1) is 13.7 Å². The smallest absolute Gasteiger partial charge is 0.236 e. The average Bonchev–Trinajstić information content (AvgIpc) is 3.64. The van der Waals surface area contributed by atoms with Gasteiger partial charge in [0, 0.05) is 44.5 Å². The summed E-state index contributed by atoms with van der Waals surface area (Å²) in [7, 11) is 1.69. The highest BCUT2D eigenvalue weighted by Gasteiger charge is 2.33. The molecule has 0 aromatic heterocycles. The topological polar surface area (TPSA) is 36.0 Å². The molecule has 5 heteroatoms. The van der Waals surface area contributed by atoms with Crippen LogP contribution >= 0.6 is 0 Å². The van der Waals surface area contributed by atoms with E-state index < -0.39 is 0 Å². The molecule has 160 valence electrons. The van der Waals surface area contributed by atoms with Crippen LogP contribution in [0.4, 0.5) is 5.69 Å². The lowest BCUT2D eigenvalue weighted by atomic mass is 10.1. The molecular formula is C25H33N3O2. The molecule has 2 fully saturated rings. The van der Waals surface area contributed by atoms with Gasteiger partial charge in [-0.15, -0.1) is 0 Å². The van der Waals surface area contributed by atoms with Crippen LogP contribution < -0.4 is 9.64 Å². The molecule has 2 aromatic carbocycles. The number of hydrogen-bond acceptors (Lipinski definition) is 4. The first kappa shape index (κ1) is 20.7. The Bertz CT molecular complexity index is 812. The fourth-order valence-electron chi connectivity index (χ4n) is 4.32. The third kappa shape index (κ3) is 5.14. The predicted molar refractivity (Wildman–Crippen MR) is 121 cm³/mol. The zero-order valence-corrected chi connectivity index (χ0v) is 18.2. The number of benzene rings is 2. The molecular weight excluding hydrogens is 374 g/mol. The Balaban J connectivity index is 1.33. The van der Waals surface area contributed by atoms with E-state index >= 15 is 0 Å². The van der Waals surface area contributed by atoms with E-state index in [1.807, 2.05) is 23.1 Å². The average molecular weight is 408 g/mol. The van der Waals surface area contributed by atoms with E-state index in [0.29, 0.717) is 12.6 Å². The van der Waals surface area contributed by atoms with Crippen LogP contribution in [0.3, 0.4) is 0 Å². The van der Waals surface area contributed by atoms with Gasteiger partial charge in [-0.3, -0.25) is 9.69 Å². The molecule has 2 aromatic rings. The predicted octanol–water partition coefficient (Wildman–Crippen LogP) is 3.64. The van der Waals surface area contributed by atoms with Crippen molar-refractivity contribution in [3.05, 3.63) is 60.2 Å². The maximum atomic E-state index is 13.1. The van der Waals surface area contributed by atoms with Crippen molar-refractivity contribution < 1.29 is 9.53 Å². The molecule has 0 radical (unpaired) electrons. The van der Waals surface area contributed by atoms with Gasteiger partial charge in [-0.05, 0) is 55.5 Å². The number of nitrogens with zero attached hydrogens (tertiary/aromatic N) is 3. The first-order valence-corrected chi connectivity index (χ1v) is 11.1. The third-order valence-corrected chi connectivity index (χ3v) is 6.52. The van der Waals surface area contributed by atoms with Crippen molar-refractivity contribution in [2.75, 3.05) is 44.7 Å². The molecule has 30 heavy (non-hydrogen) atoms. The van der Waals surface area contributed by atoms with Gasteiger partial charge in [-0.25, -0.2) is 0 Å². The Morgan fingerprint density at radius 2 is 1.70 bits per heavy atom. The van der Waals surface area contributed by atoms with Crippen molar-refractivity contribution in [3.63, 3.8) is 0 Å². The Labute approximate surface area is 180 Å². The van der Waals surface area contributed by atoms with Gasteiger partial charge < -0.3 is 14.5 Å². The van der Waals surface area contributed by atoms with E-state index in [4.69, 9.17) is 4.74 Å². The van der Waals surface area contributed by atoms with Crippen LogP contribution in [-0.2, 0) is 11.3 Å². The molecule has 1 saturated carbocycles. The first-order valence-electron chi connectivity index (χ1n) is 11.1. The number of carbonyl (C=O) groups is 1. The lowest BCUT2D eigenvalue weighted by Crippen LogP contribution is -2.52. The van der Waals surface area contributed by atoms with Crippen molar-refractivity contribution >= 4 is 11.6 Å². The van der Waals surface area contributed by atoms with Gasteiger partial charge in [0.1, 0.15) is 5.75 Å². The molecule has 1 aliphatic carbocycles. The van der Waals surface area contributed by atoms with Gasteiger partial charge in [0.25, 0.3) is 0 Å². The van der Waals surface area contributed by atoms with Gasteiger partial charge in [-0.1, -0.05) is 30.3 Å². The van der Waals surface area contributed by atoms with Crippen molar-refractivity contribution in [2.24, 2.45) is 5.92 Å². The molecule has 0 spiro atoms. The molecule has 1 amide bonds. The summed E-state index contributed by atoms with van der Waals surface area (Å²) in [5, 5.41) is 0. The van der Waals surface area contributed by atoms with Crippen LogP contribution in [0, 0.1) is 5.92 Å². The Hall–Kier alpha value is -2.53. The van der Waals surface area contributed by atoms with E-state index in [-0.39, 0.29) is 5.91 Å². The highest BCUT2D eigenvalue weighted by molar-refractivity contribution is 5.78. The zero-order valence-electron chi connectivity index (χ0n) is 18.2. The van der Waals surface area contributed by atoms with E-state index in [9.17, 15) is 4.79 Å². The number of carbonyl (C=O) groups excluding carboxylic acids is 1. The molecule has 4 rings (SSSR count). The number of methoxy groups -OCH3 is 1. The standard InChI is InChI=1S/C25H33N3O2/c1-20(22-8-9-22)28(18-21-6-4-3-5-7-21)19-25(29)27-16-14-26(15-17-27)23-10-12-24(30-2)13-11-23/h3-7,10-13,20,22H,8-9,14-19H2,1-2H3. The van der Waals surface area contributed by atoms with E-state index in [1.54, 1.807) is 7.11 Å². The normalized spacial score (nSPS) is 17.8. The number of ether oxygens (including phenoxy) is 1. The molecule has 1 aliphatic heterocycles. The van der Waals surface area contributed by atoms with Crippen LogP contribution in [-0.4, -0.2) is 61.6 Å². The molecule has 2 aliphatic rings. The van der Waals surface area contributed by atoms with E-state index in [2.05, 4.69) is 53.1 Å². The van der Waals surface area contributed by atoms with Crippen LogP contribution in [0.2, 0.25) is 0 Å². The van der Waals surface area contributed by atoms with Gasteiger partial charge in [0.2, 0.25) is 5.91 Å². The van der Waals surface area contributed by atoms with Crippen molar-refractivity contribution in [3.8, 4) is 5.75 Å². The molecule has 1 heterocycles. The van der Waals surface area contributed by atoms with Crippen LogP contribution in [0.25, 0.3) is 0 Å². The number of rotatable bonds is 8. The maximum Gasteiger partial charge on any atom is 0.236 e.